The van der Waals surface area contributed by atoms with E-state index in [2.05, 4.69) is 46.0 Å². The summed E-state index contributed by atoms with van der Waals surface area (Å²) < 4.78 is 14.0. The van der Waals surface area contributed by atoms with Gasteiger partial charge in [0.15, 0.2) is 0 Å². The van der Waals surface area contributed by atoms with Crippen molar-refractivity contribution in [2.75, 3.05) is 19.6 Å². The van der Waals surface area contributed by atoms with E-state index in [1.165, 1.54) is 18.4 Å². The minimum absolute atomic E-state index is 0.0696. The number of ether oxygens (including phenoxy) is 2. The molecule has 5 rings (SSSR count). The van der Waals surface area contributed by atoms with E-state index in [0.717, 1.165) is 48.6 Å². The Labute approximate surface area is 255 Å². The van der Waals surface area contributed by atoms with E-state index in [0.29, 0.717) is 25.8 Å². The molecule has 43 heavy (non-hydrogen) atoms. The molecule has 0 spiro atoms. The van der Waals surface area contributed by atoms with E-state index in [-0.39, 0.29) is 18.1 Å². The summed E-state index contributed by atoms with van der Waals surface area (Å²) in [6.07, 6.45) is 6.93. The van der Waals surface area contributed by atoms with Crippen LogP contribution >= 0.6 is 0 Å². The average Bonchev–Trinajstić information content (AvgIpc) is 3.67. The number of esters is 1. The van der Waals surface area contributed by atoms with Crippen LogP contribution in [0.1, 0.15) is 82.0 Å². The number of carbonyl (C=O) groups excluding carboxylic acids is 2. The molecule has 0 radical (unpaired) electrons. The molecule has 0 aliphatic carbocycles. The molecule has 230 valence electrons. The number of nitrogens with one attached hydrogen (secondary N) is 1. The van der Waals surface area contributed by atoms with Gasteiger partial charge < -0.3 is 19.4 Å². The number of alkyl carbamates (subject to hydrolysis) is 1. The molecule has 1 aromatic heterocycles. The van der Waals surface area contributed by atoms with Gasteiger partial charge in [0, 0.05) is 30.4 Å². The first-order valence-corrected chi connectivity index (χ1v) is 15.8. The van der Waals surface area contributed by atoms with E-state index < -0.39 is 17.6 Å². The number of hydrogen-bond donors (Lipinski definition) is 1. The Balaban J connectivity index is 1.34. The van der Waals surface area contributed by atoms with Crippen molar-refractivity contribution in [1.29, 1.82) is 0 Å². The van der Waals surface area contributed by atoms with Gasteiger partial charge in [0.1, 0.15) is 11.7 Å². The predicted octanol–water partition coefficient (Wildman–Crippen LogP) is 6.20. The lowest BCUT2D eigenvalue weighted by molar-refractivity contribution is -0.158. The van der Waals surface area contributed by atoms with Crippen LogP contribution in [0.5, 0.6) is 0 Å². The number of benzene rings is 2. The highest BCUT2D eigenvalue weighted by atomic mass is 16.6. The third-order valence-corrected chi connectivity index (χ3v) is 8.53. The van der Waals surface area contributed by atoms with Crippen molar-refractivity contribution in [2.24, 2.45) is 5.92 Å². The van der Waals surface area contributed by atoms with Gasteiger partial charge in [-0.1, -0.05) is 48.5 Å². The standard InChI is InChI=1S/C35H46N4O4/c1-25(38-21-10-11-22-38)32(27-14-6-5-7-15-27)42-33(40)28(16-12-20-36-34(41)43-35(2,3)4)23-29-31-19-18-26-13-8-9-17-30(26)39(31)24-37-29/h5-9,13-15,17,24-25,28,32H,10-12,16,18-23H2,1-4H3,(H,36,41)/t25-,28+,32-/m0/s1. The van der Waals surface area contributed by atoms with Gasteiger partial charge in [-0.25, -0.2) is 9.78 Å². The number of aromatic nitrogens is 2. The largest absolute Gasteiger partial charge is 0.456 e. The zero-order chi connectivity index (χ0) is 30.4. The first-order valence-electron chi connectivity index (χ1n) is 15.8. The number of fused-ring (bicyclic) bond motifs is 3. The first-order chi connectivity index (χ1) is 20.7. The van der Waals surface area contributed by atoms with Crippen LogP contribution in [0.4, 0.5) is 4.79 Å². The van der Waals surface area contributed by atoms with Gasteiger partial charge >= 0.3 is 12.1 Å². The number of hydrogen-bond acceptors (Lipinski definition) is 6. The second-order valence-electron chi connectivity index (χ2n) is 12.9. The van der Waals surface area contributed by atoms with E-state index in [1.54, 1.807) is 0 Å². The van der Waals surface area contributed by atoms with Gasteiger partial charge in [0.25, 0.3) is 0 Å². The quantitative estimate of drug-likeness (QED) is 0.213. The zero-order valence-electron chi connectivity index (χ0n) is 26.1. The summed E-state index contributed by atoms with van der Waals surface area (Å²) in [7, 11) is 0. The fourth-order valence-corrected chi connectivity index (χ4v) is 6.30. The lowest BCUT2D eigenvalue weighted by Gasteiger charge is -2.32. The molecule has 2 aromatic carbocycles. The number of likely N-dealkylation sites (tertiary alicyclic amines) is 1. The maximum Gasteiger partial charge on any atom is 0.407 e. The molecule has 3 heterocycles. The summed E-state index contributed by atoms with van der Waals surface area (Å²) in [6, 6.07) is 18.6. The Hall–Kier alpha value is -3.65. The monoisotopic (exact) mass is 586 g/mol. The summed E-state index contributed by atoms with van der Waals surface area (Å²) in [5.74, 6) is -0.607. The van der Waals surface area contributed by atoms with E-state index in [1.807, 2.05) is 57.4 Å². The highest BCUT2D eigenvalue weighted by molar-refractivity contribution is 5.73. The lowest BCUT2D eigenvalue weighted by atomic mass is 9.93. The number of rotatable bonds is 11. The summed E-state index contributed by atoms with van der Waals surface area (Å²) >= 11 is 0. The van der Waals surface area contributed by atoms with Crippen LogP contribution in [0.2, 0.25) is 0 Å². The van der Waals surface area contributed by atoms with Crippen LogP contribution in [0.15, 0.2) is 60.9 Å². The molecule has 3 atom stereocenters. The number of aryl methyl sites for hydroxylation is 1. The molecule has 3 aromatic rings. The smallest absolute Gasteiger partial charge is 0.407 e. The maximum absolute atomic E-state index is 14.1. The molecule has 1 N–H and O–H groups in total. The van der Waals surface area contributed by atoms with Gasteiger partial charge in [-0.05, 0) is 96.5 Å². The molecular formula is C35H46N4O4. The van der Waals surface area contributed by atoms with Crippen LogP contribution in [-0.4, -0.2) is 57.8 Å². The second-order valence-corrected chi connectivity index (χ2v) is 12.9. The van der Waals surface area contributed by atoms with E-state index >= 15 is 0 Å². The molecule has 0 saturated carbocycles. The van der Waals surface area contributed by atoms with Crippen molar-refractivity contribution in [2.45, 2.75) is 90.4 Å². The Morgan fingerprint density at radius 1 is 1.00 bits per heavy atom. The molecular weight excluding hydrogens is 540 g/mol. The van der Waals surface area contributed by atoms with Gasteiger partial charge in [0.2, 0.25) is 0 Å². The molecule has 1 saturated heterocycles. The molecule has 2 aliphatic rings. The summed E-state index contributed by atoms with van der Waals surface area (Å²) in [5, 5.41) is 2.84. The number of para-hydroxylation sites is 1. The highest BCUT2D eigenvalue weighted by Gasteiger charge is 2.33. The van der Waals surface area contributed by atoms with Gasteiger partial charge in [-0.15, -0.1) is 0 Å². The minimum Gasteiger partial charge on any atom is -0.456 e. The Bertz CT molecular complexity index is 1370. The van der Waals surface area contributed by atoms with E-state index in [4.69, 9.17) is 14.5 Å². The average molecular weight is 587 g/mol. The van der Waals surface area contributed by atoms with Crippen LogP contribution in [-0.2, 0) is 33.5 Å². The highest BCUT2D eigenvalue weighted by Crippen LogP contribution is 2.31. The normalized spacial score (nSPS) is 16.9. The molecule has 8 heteroatoms. The van der Waals surface area contributed by atoms with Crippen molar-refractivity contribution in [3.63, 3.8) is 0 Å². The van der Waals surface area contributed by atoms with Gasteiger partial charge in [-0.3, -0.25) is 9.69 Å². The minimum atomic E-state index is -0.562. The fourth-order valence-electron chi connectivity index (χ4n) is 6.30. The second kappa shape index (κ2) is 13.8. The first kappa shape index (κ1) is 30.8. The van der Waals surface area contributed by atoms with Crippen LogP contribution in [0, 0.1) is 5.92 Å². The Morgan fingerprint density at radius 2 is 1.72 bits per heavy atom. The van der Waals surface area contributed by atoms with Crippen molar-refractivity contribution < 1.29 is 19.1 Å². The van der Waals surface area contributed by atoms with Gasteiger partial charge in [-0.2, -0.15) is 0 Å². The predicted molar refractivity (Wildman–Crippen MR) is 167 cm³/mol. The van der Waals surface area contributed by atoms with Crippen molar-refractivity contribution >= 4 is 12.1 Å². The van der Waals surface area contributed by atoms with Crippen LogP contribution < -0.4 is 5.32 Å². The third kappa shape index (κ3) is 7.85. The molecule has 0 bridgehead atoms. The van der Waals surface area contributed by atoms with Crippen molar-refractivity contribution in [3.8, 4) is 5.69 Å². The fraction of sp³-hybridized carbons (Fsp3) is 0.514. The van der Waals surface area contributed by atoms with Gasteiger partial charge in [0.05, 0.1) is 17.9 Å². The number of nitrogens with zero attached hydrogens (tertiary/aromatic N) is 3. The third-order valence-electron chi connectivity index (χ3n) is 8.53. The molecule has 2 aliphatic heterocycles. The summed E-state index contributed by atoms with van der Waals surface area (Å²) in [4.78, 5) is 33.5. The molecule has 0 unspecified atom stereocenters. The SMILES string of the molecule is C[C@@H]([C@H](OC(=O)[C@H](CCCNC(=O)OC(C)(C)C)Cc1ncn2c1CCc1ccccc1-2)c1ccccc1)N1CCCC1. The summed E-state index contributed by atoms with van der Waals surface area (Å²) in [6.45, 7) is 10.1. The van der Waals surface area contributed by atoms with Crippen molar-refractivity contribution in [1.82, 2.24) is 19.8 Å². The number of amides is 1. The number of carbonyl (C=O) groups is 2. The van der Waals surface area contributed by atoms with Crippen molar-refractivity contribution in [3.05, 3.63) is 83.4 Å². The lowest BCUT2D eigenvalue weighted by Crippen LogP contribution is -2.38. The summed E-state index contributed by atoms with van der Waals surface area (Å²) in [5.41, 5.74) is 5.02. The molecule has 8 nitrogen and oxygen atoms in total. The maximum atomic E-state index is 14.1. The molecule has 1 amide bonds. The molecule has 1 fully saturated rings. The van der Waals surface area contributed by atoms with E-state index in [9.17, 15) is 9.59 Å². The topological polar surface area (TPSA) is 85.7 Å². The van der Waals surface area contributed by atoms with Crippen LogP contribution in [0.25, 0.3) is 5.69 Å². The Morgan fingerprint density at radius 3 is 2.47 bits per heavy atom. The zero-order valence-corrected chi connectivity index (χ0v) is 26.1. The number of imidazole rings is 1. The Kier molecular flexibility index (Phi) is 9.86. The van der Waals surface area contributed by atoms with Crippen LogP contribution in [0.3, 0.4) is 0 Å².